The van der Waals surface area contributed by atoms with Crippen LogP contribution in [0.2, 0.25) is 0 Å². The number of carbonyl (C=O) groups excluding carboxylic acids is 1. The lowest BCUT2D eigenvalue weighted by atomic mass is 10.1. The van der Waals surface area contributed by atoms with Crippen molar-refractivity contribution in [3.8, 4) is 0 Å². The Labute approximate surface area is 144 Å². The molecule has 0 radical (unpaired) electrons. The van der Waals surface area contributed by atoms with Crippen LogP contribution in [0, 0.1) is 0 Å². The largest absolute Gasteiger partial charge is 0.345 e. The van der Waals surface area contributed by atoms with Gasteiger partial charge in [-0.25, -0.2) is 0 Å². The Balaban J connectivity index is 2.17. The van der Waals surface area contributed by atoms with Crippen LogP contribution in [0.25, 0.3) is 0 Å². The summed E-state index contributed by atoms with van der Waals surface area (Å²) in [6.07, 6.45) is 0. The van der Waals surface area contributed by atoms with Crippen molar-refractivity contribution in [3.05, 3.63) is 64.1 Å². The molecule has 116 valence electrons. The zero-order valence-electron chi connectivity index (χ0n) is 13.0. The van der Waals surface area contributed by atoms with Gasteiger partial charge >= 0.3 is 0 Å². The number of halogens is 1. The van der Waals surface area contributed by atoms with Gasteiger partial charge in [-0.05, 0) is 30.7 Å². The normalized spacial score (nSPS) is 12.2. The fourth-order valence-corrected chi connectivity index (χ4v) is 3.77. The average Bonchev–Trinajstić information content (AvgIpc) is 2.47. The fraction of sp³-hybridized carbons (Fsp3) is 0.278. The van der Waals surface area contributed by atoms with E-state index in [1.807, 2.05) is 55.5 Å². The van der Waals surface area contributed by atoms with Crippen LogP contribution in [0.15, 0.2) is 57.9 Å². The second-order valence-corrected chi connectivity index (χ2v) is 7.85. The van der Waals surface area contributed by atoms with E-state index in [0.717, 1.165) is 20.5 Å². The lowest BCUT2D eigenvalue weighted by Crippen LogP contribution is -2.27. The molecule has 1 amide bonds. The smallest absolute Gasteiger partial charge is 0.252 e. The van der Waals surface area contributed by atoms with Gasteiger partial charge in [-0.15, -0.1) is 11.8 Å². The molecule has 1 atom stereocenters. The van der Waals surface area contributed by atoms with Crippen molar-refractivity contribution in [2.24, 2.45) is 0 Å². The van der Waals surface area contributed by atoms with Gasteiger partial charge in [0.1, 0.15) is 0 Å². The molecule has 1 unspecified atom stereocenters. The van der Waals surface area contributed by atoms with E-state index in [0.29, 0.717) is 5.25 Å². The first-order chi connectivity index (χ1) is 10.5. The van der Waals surface area contributed by atoms with Gasteiger partial charge < -0.3 is 5.32 Å². The highest BCUT2D eigenvalue weighted by molar-refractivity contribution is 9.10. The molecule has 2 nitrogen and oxygen atoms in total. The summed E-state index contributed by atoms with van der Waals surface area (Å²) in [5.74, 6) is -0.0352. The Hall–Kier alpha value is -1.26. The SMILES string of the molecule is CC(C)Sc1ccccc1C(=O)NC(C)c1ccccc1Br. The van der Waals surface area contributed by atoms with Gasteiger partial charge in [-0.1, -0.05) is 60.1 Å². The number of nitrogens with one attached hydrogen (secondary N) is 1. The molecule has 0 aliphatic carbocycles. The van der Waals surface area contributed by atoms with Crippen LogP contribution in [0.1, 0.15) is 42.7 Å². The van der Waals surface area contributed by atoms with Gasteiger partial charge in [0.2, 0.25) is 0 Å². The minimum Gasteiger partial charge on any atom is -0.345 e. The summed E-state index contributed by atoms with van der Waals surface area (Å²) in [6, 6.07) is 15.7. The maximum atomic E-state index is 12.6. The molecule has 0 fully saturated rings. The summed E-state index contributed by atoms with van der Waals surface area (Å²) in [6.45, 7) is 6.25. The molecule has 0 aliphatic heterocycles. The third kappa shape index (κ3) is 4.37. The third-order valence-electron chi connectivity index (χ3n) is 3.21. The van der Waals surface area contributed by atoms with Crippen LogP contribution in [0.3, 0.4) is 0 Å². The van der Waals surface area contributed by atoms with Crippen LogP contribution < -0.4 is 5.32 Å². The van der Waals surface area contributed by atoms with Crippen molar-refractivity contribution in [2.75, 3.05) is 0 Å². The van der Waals surface area contributed by atoms with Crippen molar-refractivity contribution >= 4 is 33.6 Å². The quantitative estimate of drug-likeness (QED) is 0.702. The predicted octanol–water partition coefficient (Wildman–Crippen LogP) is 5.44. The van der Waals surface area contributed by atoms with Crippen molar-refractivity contribution in [3.63, 3.8) is 0 Å². The molecule has 0 heterocycles. The van der Waals surface area contributed by atoms with Crippen molar-refractivity contribution < 1.29 is 4.79 Å². The molecular weight excluding hydrogens is 358 g/mol. The molecule has 0 bridgehead atoms. The van der Waals surface area contributed by atoms with Gasteiger partial charge in [-0.3, -0.25) is 4.79 Å². The molecule has 2 aromatic carbocycles. The van der Waals surface area contributed by atoms with Gasteiger partial charge in [0.25, 0.3) is 5.91 Å². The number of carbonyl (C=O) groups is 1. The molecule has 1 N–H and O–H groups in total. The Kier molecular flexibility index (Phi) is 6.09. The number of thioether (sulfide) groups is 1. The highest BCUT2D eigenvalue weighted by Crippen LogP contribution is 2.28. The monoisotopic (exact) mass is 377 g/mol. The Morgan fingerprint density at radius 1 is 1.05 bits per heavy atom. The van der Waals surface area contributed by atoms with E-state index in [1.54, 1.807) is 11.8 Å². The predicted molar refractivity (Wildman–Crippen MR) is 97.5 cm³/mol. The molecule has 4 heteroatoms. The summed E-state index contributed by atoms with van der Waals surface area (Å²) in [5, 5.41) is 3.52. The standard InChI is InChI=1S/C18H20BrNOS/c1-12(2)22-17-11-7-5-9-15(17)18(21)20-13(3)14-8-4-6-10-16(14)19/h4-13H,1-3H3,(H,20,21). The first kappa shape index (κ1) is 17.1. The minimum atomic E-state index is -0.0554. The van der Waals surface area contributed by atoms with E-state index in [1.165, 1.54) is 0 Å². The van der Waals surface area contributed by atoms with Gasteiger partial charge in [0.15, 0.2) is 0 Å². The molecule has 22 heavy (non-hydrogen) atoms. The van der Waals surface area contributed by atoms with Gasteiger partial charge in [0, 0.05) is 14.6 Å². The maximum Gasteiger partial charge on any atom is 0.252 e. The summed E-state index contributed by atoms with van der Waals surface area (Å²) in [4.78, 5) is 13.6. The number of benzene rings is 2. The molecule has 0 saturated carbocycles. The summed E-state index contributed by atoms with van der Waals surface area (Å²) >= 11 is 5.24. The molecule has 2 rings (SSSR count). The Morgan fingerprint density at radius 3 is 2.36 bits per heavy atom. The number of hydrogen-bond donors (Lipinski definition) is 1. The van der Waals surface area contributed by atoms with E-state index < -0.39 is 0 Å². The van der Waals surface area contributed by atoms with E-state index in [9.17, 15) is 4.79 Å². The van der Waals surface area contributed by atoms with Crippen LogP contribution in [-0.2, 0) is 0 Å². The Bertz CT molecular complexity index is 657. The second-order valence-electron chi connectivity index (χ2n) is 5.38. The second kappa shape index (κ2) is 7.84. The summed E-state index contributed by atoms with van der Waals surface area (Å²) < 4.78 is 1.01. The molecule has 0 aromatic heterocycles. The topological polar surface area (TPSA) is 29.1 Å². The van der Waals surface area contributed by atoms with E-state index in [-0.39, 0.29) is 11.9 Å². The Morgan fingerprint density at radius 2 is 1.68 bits per heavy atom. The first-order valence-corrected chi connectivity index (χ1v) is 8.97. The summed E-state index contributed by atoms with van der Waals surface area (Å²) in [7, 11) is 0. The highest BCUT2D eigenvalue weighted by Gasteiger charge is 2.16. The number of amides is 1. The van der Waals surface area contributed by atoms with Gasteiger partial charge in [0.05, 0.1) is 11.6 Å². The fourth-order valence-electron chi connectivity index (χ4n) is 2.19. The minimum absolute atomic E-state index is 0.0352. The maximum absolute atomic E-state index is 12.6. The van der Waals surface area contributed by atoms with Crippen LogP contribution in [-0.4, -0.2) is 11.2 Å². The van der Waals surface area contributed by atoms with Crippen LogP contribution in [0.5, 0.6) is 0 Å². The van der Waals surface area contributed by atoms with Crippen molar-refractivity contribution in [2.45, 2.75) is 37.0 Å². The van der Waals surface area contributed by atoms with Crippen molar-refractivity contribution in [1.82, 2.24) is 5.32 Å². The molecule has 0 saturated heterocycles. The van der Waals surface area contributed by atoms with Crippen molar-refractivity contribution in [1.29, 1.82) is 0 Å². The molecule has 0 spiro atoms. The number of rotatable bonds is 5. The zero-order valence-corrected chi connectivity index (χ0v) is 15.4. The lowest BCUT2D eigenvalue weighted by Gasteiger charge is -2.17. The van der Waals surface area contributed by atoms with E-state index in [2.05, 4.69) is 35.1 Å². The highest BCUT2D eigenvalue weighted by atomic mass is 79.9. The van der Waals surface area contributed by atoms with E-state index >= 15 is 0 Å². The average molecular weight is 378 g/mol. The van der Waals surface area contributed by atoms with Crippen LogP contribution in [0.4, 0.5) is 0 Å². The van der Waals surface area contributed by atoms with Crippen LogP contribution >= 0.6 is 27.7 Å². The molecule has 2 aromatic rings. The first-order valence-electron chi connectivity index (χ1n) is 7.30. The van der Waals surface area contributed by atoms with E-state index in [4.69, 9.17) is 0 Å². The molecule has 0 aliphatic rings. The third-order valence-corrected chi connectivity index (χ3v) is 5.02. The lowest BCUT2D eigenvalue weighted by molar-refractivity contribution is 0.0937. The number of hydrogen-bond acceptors (Lipinski definition) is 2. The summed E-state index contributed by atoms with van der Waals surface area (Å²) in [5.41, 5.74) is 1.81. The zero-order chi connectivity index (χ0) is 16.1. The van der Waals surface area contributed by atoms with Gasteiger partial charge in [-0.2, -0.15) is 0 Å². The molecular formula is C18H20BrNOS.